The molecule has 1 fully saturated rings. The lowest BCUT2D eigenvalue weighted by atomic mass is 10.2. The number of nitrogens with zero attached hydrogens (tertiary/aromatic N) is 2. The minimum atomic E-state index is -0.250. The van der Waals surface area contributed by atoms with Crippen LogP contribution in [0.4, 0.5) is 0 Å². The normalized spacial score (nSPS) is 16.3. The van der Waals surface area contributed by atoms with Gasteiger partial charge in [0.15, 0.2) is 0 Å². The number of aromatic nitrogens is 2. The number of rotatable bonds is 3. The molecule has 2 heterocycles. The summed E-state index contributed by atoms with van der Waals surface area (Å²) in [6, 6.07) is 0.650. The molecule has 0 aromatic carbocycles. The van der Waals surface area contributed by atoms with Crippen molar-refractivity contribution in [1.29, 1.82) is 0 Å². The third-order valence-corrected chi connectivity index (χ3v) is 5.45. The summed E-state index contributed by atoms with van der Waals surface area (Å²) in [4.78, 5) is 8.36. The Balaban J connectivity index is 0.000000550. The second-order valence-corrected chi connectivity index (χ2v) is 6.51. The third-order valence-electron chi connectivity index (χ3n) is 2.93. The number of hydrogen-bond donors (Lipinski definition) is 2. The van der Waals surface area contributed by atoms with Gasteiger partial charge in [-0.3, -0.25) is 9.48 Å². The average Bonchev–Trinajstić information content (AvgIpc) is 2.62. The van der Waals surface area contributed by atoms with Crippen molar-refractivity contribution in [3.05, 3.63) is 17.5 Å². The van der Waals surface area contributed by atoms with E-state index in [-0.39, 0.29) is 6.47 Å². The van der Waals surface area contributed by atoms with Crippen LogP contribution in [0.15, 0.2) is 6.20 Å². The Labute approximate surface area is 122 Å². The molecule has 1 aliphatic rings. The molecule has 1 saturated heterocycles. The van der Waals surface area contributed by atoms with Crippen molar-refractivity contribution in [2.24, 2.45) is 7.05 Å². The molecular weight excluding hydrogens is 282 g/mol. The summed E-state index contributed by atoms with van der Waals surface area (Å²) in [6.07, 6.45) is 1.97. The lowest BCUT2D eigenvalue weighted by Crippen LogP contribution is -2.32. The number of nitrogens with one attached hydrogen (secondary N) is 1. The lowest BCUT2D eigenvalue weighted by Gasteiger charge is -2.14. The highest BCUT2D eigenvalue weighted by Gasteiger charge is 2.13. The highest BCUT2D eigenvalue weighted by atomic mass is 32.2. The van der Waals surface area contributed by atoms with Crippen LogP contribution in [-0.4, -0.2) is 50.4 Å². The molecule has 5 nitrogen and oxygen atoms in total. The van der Waals surface area contributed by atoms with Gasteiger partial charge in [0.2, 0.25) is 0 Å². The van der Waals surface area contributed by atoms with E-state index >= 15 is 0 Å². The fourth-order valence-electron chi connectivity index (χ4n) is 1.71. The van der Waals surface area contributed by atoms with E-state index in [1.54, 1.807) is 0 Å². The van der Waals surface area contributed by atoms with Crippen molar-refractivity contribution >= 4 is 30.0 Å². The Kier molecular flexibility index (Phi) is 8.00. The van der Waals surface area contributed by atoms with Crippen molar-refractivity contribution in [2.45, 2.75) is 19.5 Å². The van der Waals surface area contributed by atoms with E-state index < -0.39 is 0 Å². The summed E-state index contributed by atoms with van der Waals surface area (Å²) in [5.74, 6) is 5.09. The van der Waals surface area contributed by atoms with Crippen LogP contribution in [0.25, 0.3) is 0 Å². The predicted octanol–water partition coefficient (Wildman–Crippen LogP) is 1.37. The van der Waals surface area contributed by atoms with E-state index in [1.165, 1.54) is 34.3 Å². The van der Waals surface area contributed by atoms with Crippen LogP contribution in [0.3, 0.4) is 0 Å². The number of hydrogen-bond acceptors (Lipinski definition) is 5. The zero-order valence-electron chi connectivity index (χ0n) is 11.3. The van der Waals surface area contributed by atoms with Gasteiger partial charge in [-0.2, -0.15) is 28.6 Å². The van der Waals surface area contributed by atoms with E-state index in [2.05, 4.69) is 40.9 Å². The van der Waals surface area contributed by atoms with E-state index in [1.807, 2.05) is 17.9 Å². The van der Waals surface area contributed by atoms with Crippen LogP contribution >= 0.6 is 23.5 Å². The van der Waals surface area contributed by atoms with Gasteiger partial charge in [0.25, 0.3) is 6.47 Å². The Morgan fingerprint density at radius 3 is 2.58 bits per heavy atom. The summed E-state index contributed by atoms with van der Waals surface area (Å²) in [5, 5.41) is 14.8. The summed E-state index contributed by atoms with van der Waals surface area (Å²) in [5.41, 5.74) is 2.59. The molecule has 108 valence electrons. The molecule has 1 aromatic heterocycles. The first-order valence-corrected chi connectivity index (χ1v) is 8.44. The van der Waals surface area contributed by atoms with Crippen LogP contribution in [0.2, 0.25) is 0 Å². The van der Waals surface area contributed by atoms with E-state index in [9.17, 15) is 0 Å². The maximum Gasteiger partial charge on any atom is 0.290 e. The lowest BCUT2D eigenvalue weighted by molar-refractivity contribution is -0.122. The van der Waals surface area contributed by atoms with E-state index in [4.69, 9.17) is 9.90 Å². The highest BCUT2D eigenvalue weighted by molar-refractivity contribution is 8.03. The Hall–Kier alpha value is -0.660. The zero-order chi connectivity index (χ0) is 14.1. The first kappa shape index (κ1) is 16.4. The van der Waals surface area contributed by atoms with Crippen LogP contribution in [0.1, 0.15) is 11.3 Å². The van der Waals surface area contributed by atoms with E-state index in [0.717, 1.165) is 6.54 Å². The molecule has 0 atom stereocenters. The maximum absolute atomic E-state index is 8.36. The molecule has 0 unspecified atom stereocenters. The van der Waals surface area contributed by atoms with Gasteiger partial charge in [-0.25, -0.2) is 0 Å². The molecule has 0 bridgehead atoms. The van der Waals surface area contributed by atoms with Crippen LogP contribution in [-0.2, 0) is 18.4 Å². The minimum absolute atomic E-state index is 0.250. The Morgan fingerprint density at radius 1 is 1.53 bits per heavy atom. The summed E-state index contributed by atoms with van der Waals surface area (Å²) >= 11 is 4.13. The summed E-state index contributed by atoms with van der Waals surface area (Å²) in [7, 11) is 2.00. The van der Waals surface area contributed by atoms with Crippen LogP contribution in [0, 0.1) is 6.92 Å². The van der Waals surface area contributed by atoms with Gasteiger partial charge < -0.3 is 10.4 Å². The van der Waals surface area contributed by atoms with Gasteiger partial charge in [0.1, 0.15) is 0 Å². The van der Waals surface area contributed by atoms with Crippen molar-refractivity contribution in [3.8, 4) is 0 Å². The van der Waals surface area contributed by atoms with Crippen LogP contribution in [0.5, 0.6) is 0 Å². The fourth-order valence-corrected chi connectivity index (χ4v) is 4.17. The average molecular weight is 303 g/mol. The topological polar surface area (TPSA) is 67.2 Å². The standard InChI is InChI=1S/C11H19N3S2.CH2O2/c1-9-10(6-13-14(9)2)5-12-11-7-15-3-4-16-8-11;2-1-3/h6,11-12H,3-5,7-8H2,1-2H3;1H,(H,2,3). The molecule has 19 heavy (non-hydrogen) atoms. The molecule has 0 saturated carbocycles. The molecule has 0 aliphatic carbocycles. The van der Waals surface area contributed by atoms with Crippen molar-refractivity contribution in [2.75, 3.05) is 23.0 Å². The number of thioether (sulfide) groups is 2. The molecule has 0 amide bonds. The van der Waals surface area contributed by atoms with Gasteiger partial charge >= 0.3 is 0 Å². The molecule has 7 heteroatoms. The molecule has 1 aliphatic heterocycles. The first-order chi connectivity index (χ1) is 9.19. The zero-order valence-corrected chi connectivity index (χ0v) is 13.0. The molecule has 1 aromatic rings. The third kappa shape index (κ3) is 5.88. The number of carboxylic acid groups (broad SMARTS) is 1. The molecule has 0 radical (unpaired) electrons. The second kappa shape index (κ2) is 9.28. The van der Waals surface area contributed by atoms with Crippen molar-refractivity contribution in [3.63, 3.8) is 0 Å². The maximum atomic E-state index is 8.36. The summed E-state index contributed by atoms with van der Waals surface area (Å²) < 4.78 is 1.94. The first-order valence-electron chi connectivity index (χ1n) is 6.13. The monoisotopic (exact) mass is 303 g/mol. The SMILES string of the molecule is Cc1c(CNC2CSCCSC2)cnn1C.O=CO. The number of aryl methyl sites for hydroxylation is 1. The largest absolute Gasteiger partial charge is 0.483 e. The predicted molar refractivity (Wildman–Crippen MR) is 81.9 cm³/mol. The van der Waals surface area contributed by atoms with Gasteiger partial charge in [0.05, 0.1) is 6.20 Å². The minimum Gasteiger partial charge on any atom is -0.483 e. The smallest absolute Gasteiger partial charge is 0.290 e. The second-order valence-electron chi connectivity index (χ2n) is 4.21. The number of carbonyl (C=O) groups is 1. The Bertz CT molecular complexity index is 377. The van der Waals surface area contributed by atoms with Gasteiger partial charge in [-0.1, -0.05) is 0 Å². The van der Waals surface area contributed by atoms with Gasteiger partial charge in [0, 0.05) is 53.9 Å². The Morgan fingerprint density at radius 2 is 2.11 bits per heavy atom. The van der Waals surface area contributed by atoms with Gasteiger partial charge in [-0.05, 0) is 6.92 Å². The summed E-state index contributed by atoms with van der Waals surface area (Å²) in [6.45, 7) is 2.83. The quantitative estimate of drug-likeness (QED) is 0.822. The van der Waals surface area contributed by atoms with Gasteiger partial charge in [-0.15, -0.1) is 0 Å². The van der Waals surface area contributed by atoms with E-state index in [0.29, 0.717) is 6.04 Å². The van der Waals surface area contributed by atoms with Crippen molar-refractivity contribution in [1.82, 2.24) is 15.1 Å². The molecular formula is C12H21N3O2S2. The van der Waals surface area contributed by atoms with Crippen LogP contribution < -0.4 is 5.32 Å². The molecule has 2 N–H and O–H groups in total. The molecule has 0 spiro atoms. The molecule has 2 rings (SSSR count). The highest BCUT2D eigenvalue weighted by Crippen LogP contribution is 2.17. The van der Waals surface area contributed by atoms with Crippen molar-refractivity contribution < 1.29 is 9.90 Å². The fraction of sp³-hybridized carbons (Fsp3) is 0.667.